The monoisotopic (exact) mass is 240 g/mol. The highest BCUT2D eigenvalue weighted by molar-refractivity contribution is 5.87. The van der Waals surface area contributed by atoms with Gasteiger partial charge in [0.15, 0.2) is 5.69 Å². The molecule has 0 radical (unpaired) electrons. The number of esters is 1. The number of rotatable bonds is 5. The van der Waals surface area contributed by atoms with Crippen LogP contribution in [0.4, 0.5) is 5.69 Å². The van der Waals surface area contributed by atoms with Crippen LogP contribution in [0, 0.1) is 10.1 Å². The zero-order valence-electron chi connectivity index (χ0n) is 9.50. The van der Waals surface area contributed by atoms with Crippen molar-refractivity contribution in [2.45, 2.75) is 13.8 Å². The topological polar surface area (TPSA) is 91.6 Å². The first-order chi connectivity index (χ1) is 8.10. The van der Waals surface area contributed by atoms with Gasteiger partial charge in [-0.2, -0.15) is 0 Å². The van der Waals surface area contributed by atoms with Crippen molar-refractivity contribution in [2.75, 3.05) is 13.2 Å². The van der Waals surface area contributed by atoms with E-state index >= 15 is 0 Å². The Balaban J connectivity index is 3.09. The van der Waals surface area contributed by atoms with Crippen molar-refractivity contribution in [1.29, 1.82) is 0 Å². The summed E-state index contributed by atoms with van der Waals surface area (Å²) in [6, 6.07) is 2.41. The maximum absolute atomic E-state index is 11.4. The van der Waals surface area contributed by atoms with E-state index in [1.165, 1.54) is 12.1 Å². The molecule has 0 N–H and O–H groups in total. The van der Waals surface area contributed by atoms with Gasteiger partial charge in [-0.05, 0) is 19.9 Å². The highest BCUT2D eigenvalue weighted by atomic mass is 16.6. The molecule has 1 aromatic rings. The van der Waals surface area contributed by atoms with Crippen LogP contribution in [0.1, 0.15) is 24.3 Å². The molecule has 0 fully saturated rings. The highest BCUT2D eigenvalue weighted by Crippen LogP contribution is 2.24. The summed E-state index contributed by atoms with van der Waals surface area (Å²) in [5.41, 5.74) is -0.291. The molecule has 0 aliphatic heterocycles. The molecule has 17 heavy (non-hydrogen) atoms. The van der Waals surface area contributed by atoms with E-state index in [9.17, 15) is 14.9 Å². The molecule has 0 atom stereocenters. The number of aromatic nitrogens is 1. The maximum atomic E-state index is 11.4. The third kappa shape index (κ3) is 3.13. The SMILES string of the molecule is CCOC(=O)c1ccc([N+](=O)[O-])c(OCC)n1. The van der Waals surface area contributed by atoms with E-state index in [4.69, 9.17) is 9.47 Å². The molecule has 0 unspecified atom stereocenters. The number of carbonyl (C=O) groups is 1. The van der Waals surface area contributed by atoms with Gasteiger partial charge in [-0.25, -0.2) is 9.78 Å². The molecule has 0 bridgehead atoms. The molecular weight excluding hydrogens is 228 g/mol. The Hall–Kier alpha value is -2.18. The molecule has 7 heteroatoms. The van der Waals surface area contributed by atoms with Gasteiger partial charge in [0.05, 0.1) is 18.1 Å². The van der Waals surface area contributed by atoms with Crippen LogP contribution in [-0.4, -0.2) is 29.1 Å². The second-order valence-corrected chi connectivity index (χ2v) is 2.93. The molecule has 1 aromatic heterocycles. The van der Waals surface area contributed by atoms with Crippen LogP contribution in [0.15, 0.2) is 12.1 Å². The van der Waals surface area contributed by atoms with Gasteiger partial charge >= 0.3 is 11.7 Å². The molecule has 0 aliphatic rings. The van der Waals surface area contributed by atoms with Crippen molar-refractivity contribution in [2.24, 2.45) is 0 Å². The smallest absolute Gasteiger partial charge is 0.357 e. The molecule has 1 heterocycles. The number of nitro groups is 1. The third-order valence-corrected chi connectivity index (χ3v) is 1.80. The second-order valence-electron chi connectivity index (χ2n) is 2.93. The fourth-order valence-electron chi connectivity index (χ4n) is 1.13. The lowest BCUT2D eigenvalue weighted by atomic mass is 10.3. The highest BCUT2D eigenvalue weighted by Gasteiger charge is 2.20. The first-order valence-corrected chi connectivity index (χ1v) is 5.05. The van der Waals surface area contributed by atoms with Crippen molar-refractivity contribution in [1.82, 2.24) is 4.98 Å². The lowest BCUT2D eigenvalue weighted by Gasteiger charge is -2.05. The lowest BCUT2D eigenvalue weighted by Crippen LogP contribution is -2.09. The Labute approximate surface area is 97.5 Å². The van der Waals surface area contributed by atoms with Crippen molar-refractivity contribution in [3.8, 4) is 5.88 Å². The largest absolute Gasteiger partial charge is 0.473 e. The minimum Gasteiger partial charge on any atom is -0.473 e. The molecule has 0 amide bonds. The van der Waals surface area contributed by atoms with E-state index in [2.05, 4.69) is 4.98 Å². The Morgan fingerprint density at radius 2 is 2.12 bits per heavy atom. The van der Waals surface area contributed by atoms with Gasteiger partial charge in [0, 0.05) is 6.07 Å². The summed E-state index contributed by atoms with van der Waals surface area (Å²) in [6.45, 7) is 3.76. The zero-order valence-corrected chi connectivity index (χ0v) is 9.50. The van der Waals surface area contributed by atoms with Gasteiger partial charge < -0.3 is 9.47 Å². The number of hydrogen-bond acceptors (Lipinski definition) is 6. The summed E-state index contributed by atoms with van der Waals surface area (Å²) in [6.07, 6.45) is 0. The van der Waals surface area contributed by atoms with Crippen molar-refractivity contribution in [3.63, 3.8) is 0 Å². The van der Waals surface area contributed by atoms with Gasteiger partial charge in [0.1, 0.15) is 0 Å². The summed E-state index contributed by atoms with van der Waals surface area (Å²) < 4.78 is 9.74. The summed E-state index contributed by atoms with van der Waals surface area (Å²) >= 11 is 0. The maximum Gasteiger partial charge on any atom is 0.357 e. The first-order valence-electron chi connectivity index (χ1n) is 5.05. The third-order valence-electron chi connectivity index (χ3n) is 1.80. The number of nitrogens with zero attached hydrogens (tertiary/aromatic N) is 2. The van der Waals surface area contributed by atoms with Crippen LogP contribution in [0.3, 0.4) is 0 Å². The van der Waals surface area contributed by atoms with Crippen molar-refractivity contribution >= 4 is 11.7 Å². The molecule has 0 spiro atoms. The summed E-state index contributed by atoms with van der Waals surface area (Å²) in [5.74, 6) is -0.814. The van der Waals surface area contributed by atoms with E-state index in [1.807, 2.05) is 0 Å². The average molecular weight is 240 g/mol. The summed E-state index contributed by atoms with van der Waals surface area (Å²) in [7, 11) is 0. The standard InChI is InChI=1S/C10H12N2O5/c1-3-16-9-8(12(14)15)6-5-7(11-9)10(13)17-4-2/h5-6H,3-4H2,1-2H3. The van der Waals surface area contributed by atoms with Gasteiger partial charge in [-0.15, -0.1) is 0 Å². The normalized spacial score (nSPS) is 9.76. The minimum absolute atomic E-state index is 0.0131. The molecule has 0 saturated heterocycles. The predicted molar refractivity (Wildman–Crippen MR) is 58.0 cm³/mol. The lowest BCUT2D eigenvalue weighted by molar-refractivity contribution is -0.386. The fraction of sp³-hybridized carbons (Fsp3) is 0.400. The van der Waals surface area contributed by atoms with Crippen LogP contribution in [0.2, 0.25) is 0 Å². The zero-order chi connectivity index (χ0) is 12.8. The number of hydrogen-bond donors (Lipinski definition) is 0. The van der Waals surface area contributed by atoms with E-state index < -0.39 is 10.9 Å². The first kappa shape index (κ1) is 12.9. The average Bonchev–Trinajstić information content (AvgIpc) is 2.29. The van der Waals surface area contributed by atoms with Crippen LogP contribution in [0.5, 0.6) is 5.88 Å². The Morgan fingerprint density at radius 1 is 1.41 bits per heavy atom. The van der Waals surface area contributed by atoms with Gasteiger partial charge in [-0.3, -0.25) is 10.1 Å². The second kappa shape index (κ2) is 5.78. The quantitative estimate of drug-likeness (QED) is 0.440. The predicted octanol–water partition coefficient (Wildman–Crippen LogP) is 1.57. The molecule has 1 rings (SSSR count). The minimum atomic E-state index is -0.636. The van der Waals surface area contributed by atoms with Gasteiger partial charge in [0.2, 0.25) is 0 Å². The molecule has 0 aromatic carbocycles. The molecule has 7 nitrogen and oxygen atoms in total. The van der Waals surface area contributed by atoms with Crippen LogP contribution in [0.25, 0.3) is 0 Å². The van der Waals surface area contributed by atoms with E-state index in [0.717, 1.165) is 0 Å². The van der Waals surface area contributed by atoms with Crippen molar-refractivity contribution < 1.29 is 19.2 Å². The Kier molecular flexibility index (Phi) is 4.38. The molecule has 0 saturated carbocycles. The Bertz CT molecular complexity index is 433. The molecule has 0 aliphatic carbocycles. The van der Waals surface area contributed by atoms with Gasteiger partial charge in [-0.1, -0.05) is 0 Å². The number of carbonyl (C=O) groups excluding carboxylic acids is 1. The fourth-order valence-corrected chi connectivity index (χ4v) is 1.13. The van der Waals surface area contributed by atoms with Gasteiger partial charge in [0.25, 0.3) is 5.88 Å². The van der Waals surface area contributed by atoms with Crippen LogP contribution in [-0.2, 0) is 4.74 Å². The summed E-state index contributed by atoms with van der Waals surface area (Å²) in [4.78, 5) is 25.2. The van der Waals surface area contributed by atoms with Crippen molar-refractivity contribution in [3.05, 3.63) is 27.9 Å². The van der Waals surface area contributed by atoms with Crippen LogP contribution < -0.4 is 4.74 Å². The number of pyridine rings is 1. The molecular formula is C10H12N2O5. The Morgan fingerprint density at radius 3 is 2.65 bits per heavy atom. The van der Waals surface area contributed by atoms with E-state index in [-0.39, 0.29) is 30.5 Å². The number of ether oxygens (including phenoxy) is 2. The van der Waals surface area contributed by atoms with E-state index in [1.54, 1.807) is 13.8 Å². The van der Waals surface area contributed by atoms with E-state index in [0.29, 0.717) is 0 Å². The summed E-state index contributed by atoms with van der Waals surface area (Å²) in [5, 5.41) is 10.7. The van der Waals surface area contributed by atoms with Crippen LogP contribution >= 0.6 is 0 Å². The molecule has 92 valence electrons.